The number of para-hydroxylation sites is 1. The van der Waals surface area contributed by atoms with Crippen LogP contribution in [0.5, 0.6) is 11.5 Å². The summed E-state index contributed by atoms with van der Waals surface area (Å²) in [6.07, 6.45) is 1.56. The number of ether oxygens (including phenoxy) is 3. The second kappa shape index (κ2) is 12.6. The van der Waals surface area contributed by atoms with Crippen LogP contribution in [0.2, 0.25) is 0 Å². The van der Waals surface area contributed by atoms with Crippen molar-refractivity contribution >= 4 is 46.5 Å². The zero-order chi connectivity index (χ0) is 27.1. The van der Waals surface area contributed by atoms with Crippen molar-refractivity contribution in [3.8, 4) is 11.5 Å². The highest BCUT2D eigenvalue weighted by Crippen LogP contribution is 2.34. The molecular weight excluding hydrogens is 510 g/mol. The van der Waals surface area contributed by atoms with Crippen molar-refractivity contribution in [1.29, 1.82) is 0 Å². The number of anilines is 1. The Kier molecular flexibility index (Phi) is 9.03. The number of nitrogens with one attached hydrogen (secondary N) is 1. The highest BCUT2D eigenvalue weighted by molar-refractivity contribution is 8.18. The lowest BCUT2D eigenvalue weighted by molar-refractivity contribution is -0.137. The summed E-state index contributed by atoms with van der Waals surface area (Å²) in [7, 11) is 0. The summed E-state index contributed by atoms with van der Waals surface area (Å²) in [6, 6.07) is 12.3. The molecule has 2 heterocycles. The Balaban J connectivity index is 1.41. The van der Waals surface area contributed by atoms with Gasteiger partial charge in [-0.2, -0.15) is 0 Å². The second-order valence-corrected chi connectivity index (χ2v) is 9.55. The zero-order valence-electron chi connectivity index (χ0n) is 21.2. The van der Waals surface area contributed by atoms with E-state index in [1.807, 2.05) is 26.0 Å². The highest BCUT2D eigenvalue weighted by Gasteiger charge is 2.36. The van der Waals surface area contributed by atoms with Gasteiger partial charge in [-0.25, -0.2) is 0 Å². The van der Waals surface area contributed by atoms with E-state index < -0.39 is 17.1 Å². The third-order valence-corrected chi connectivity index (χ3v) is 6.78. The number of nitrogens with zero attached hydrogens (tertiary/aromatic N) is 2. The molecule has 4 rings (SSSR count). The molecule has 4 amide bonds. The van der Waals surface area contributed by atoms with Crippen molar-refractivity contribution in [3.05, 3.63) is 58.5 Å². The van der Waals surface area contributed by atoms with Crippen LogP contribution in [0.3, 0.4) is 0 Å². The molecule has 0 spiro atoms. The van der Waals surface area contributed by atoms with Crippen LogP contribution < -0.4 is 14.8 Å². The van der Waals surface area contributed by atoms with Gasteiger partial charge >= 0.3 is 0 Å². The van der Waals surface area contributed by atoms with Crippen LogP contribution in [0.15, 0.2) is 47.4 Å². The lowest BCUT2D eigenvalue weighted by atomic mass is 10.2. The molecule has 38 heavy (non-hydrogen) atoms. The Hall–Kier alpha value is -3.83. The number of hydrogen-bond acceptors (Lipinski definition) is 8. The fourth-order valence-electron chi connectivity index (χ4n) is 3.88. The van der Waals surface area contributed by atoms with E-state index in [1.54, 1.807) is 41.3 Å². The number of amides is 4. The molecule has 200 valence electrons. The van der Waals surface area contributed by atoms with Gasteiger partial charge in [-0.3, -0.25) is 24.1 Å². The van der Waals surface area contributed by atoms with Crippen molar-refractivity contribution in [2.45, 2.75) is 13.8 Å². The van der Waals surface area contributed by atoms with Gasteiger partial charge in [-0.1, -0.05) is 24.3 Å². The minimum atomic E-state index is -0.547. The number of benzene rings is 2. The molecule has 0 aromatic heterocycles. The Morgan fingerprint density at radius 2 is 1.84 bits per heavy atom. The summed E-state index contributed by atoms with van der Waals surface area (Å²) < 4.78 is 16.7. The SMILES string of the molecule is CCOc1cc(/C=C2\SC(=O)N(CC(=O)Nc3ccccc3C)C2=O)ccc1OCC(=O)N1CCOCC1. The molecule has 10 nitrogen and oxygen atoms in total. The number of aryl methyl sites for hydroxylation is 1. The van der Waals surface area contributed by atoms with Crippen LogP contribution in [0.25, 0.3) is 6.08 Å². The molecule has 2 aliphatic heterocycles. The lowest BCUT2D eigenvalue weighted by Gasteiger charge is -2.26. The van der Waals surface area contributed by atoms with Gasteiger partial charge in [0.15, 0.2) is 18.1 Å². The van der Waals surface area contributed by atoms with Crippen LogP contribution in [0.1, 0.15) is 18.1 Å². The van der Waals surface area contributed by atoms with Gasteiger partial charge in [0.05, 0.1) is 24.7 Å². The van der Waals surface area contributed by atoms with Gasteiger partial charge in [0, 0.05) is 18.8 Å². The molecule has 0 unspecified atom stereocenters. The Bertz CT molecular complexity index is 1260. The maximum atomic E-state index is 12.9. The van der Waals surface area contributed by atoms with E-state index in [9.17, 15) is 19.2 Å². The van der Waals surface area contributed by atoms with E-state index in [2.05, 4.69) is 5.32 Å². The van der Waals surface area contributed by atoms with Crippen LogP contribution in [-0.4, -0.2) is 78.8 Å². The fourth-order valence-corrected chi connectivity index (χ4v) is 4.72. The van der Waals surface area contributed by atoms with Crippen LogP contribution >= 0.6 is 11.8 Å². The second-order valence-electron chi connectivity index (χ2n) is 8.55. The molecular formula is C27H29N3O7S. The highest BCUT2D eigenvalue weighted by atomic mass is 32.2. The molecule has 2 aliphatic rings. The summed E-state index contributed by atoms with van der Waals surface area (Å²) >= 11 is 0.768. The number of morpholine rings is 1. The average Bonchev–Trinajstić information content (AvgIpc) is 3.17. The van der Waals surface area contributed by atoms with Crippen molar-refractivity contribution in [2.24, 2.45) is 0 Å². The molecule has 0 bridgehead atoms. The maximum absolute atomic E-state index is 12.9. The minimum absolute atomic E-state index is 0.136. The third-order valence-electron chi connectivity index (χ3n) is 5.87. The summed E-state index contributed by atoms with van der Waals surface area (Å²) in [5.41, 5.74) is 2.10. The van der Waals surface area contributed by atoms with Gasteiger partial charge in [0.2, 0.25) is 5.91 Å². The van der Waals surface area contributed by atoms with E-state index in [0.717, 1.165) is 22.2 Å². The normalized spacial score (nSPS) is 16.6. The lowest BCUT2D eigenvalue weighted by Crippen LogP contribution is -2.43. The van der Waals surface area contributed by atoms with E-state index in [4.69, 9.17) is 14.2 Å². The van der Waals surface area contributed by atoms with E-state index in [0.29, 0.717) is 55.7 Å². The molecule has 0 radical (unpaired) electrons. The average molecular weight is 540 g/mol. The molecule has 2 aromatic carbocycles. The molecule has 0 aliphatic carbocycles. The van der Waals surface area contributed by atoms with E-state index >= 15 is 0 Å². The van der Waals surface area contributed by atoms with Gasteiger partial charge in [-0.15, -0.1) is 0 Å². The molecule has 0 atom stereocenters. The van der Waals surface area contributed by atoms with Gasteiger partial charge < -0.3 is 24.4 Å². The molecule has 0 saturated carbocycles. The van der Waals surface area contributed by atoms with Gasteiger partial charge in [0.1, 0.15) is 6.54 Å². The number of hydrogen-bond donors (Lipinski definition) is 1. The number of carbonyl (C=O) groups is 4. The minimum Gasteiger partial charge on any atom is -0.490 e. The van der Waals surface area contributed by atoms with Gasteiger partial charge in [-0.05, 0) is 61.0 Å². The molecule has 2 saturated heterocycles. The predicted molar refractivity (Wildman–Crippen MR) is 143 cm³/mol. The largest absolute Gasteiger partial charge is 0.490 e. The summed E-state index contributed by atoms with van der Waals surface area (Å²) in [4.78, 5) is 53.1. The number of carbonyl (C=O) groups excluding carboxylic acids is 4. The maximum Gasteiger partial charge on any atom is 0.294 e. The van der Waals surface area contributed by atoms with Crippen LogP contribution in [0, 0.1) is 6.92 Å². The quantitative estimate of drug-likeness (QED) is 0.483. The summed E-state index contributed by atoms with van der Waals surface area (Å²) in [6.45, 7) is 5.60. The standard InChI is InChI=1S/C27H29N3O7S/c1-3-36-22-14-19(8-9-21(22)37-17-25(32)29-10-12-35-13-11-29)15-23-26(33)30(27(34)38-23)16-24(31)28-20-7-5-4-6-18(20)2/h4-9,14-15H,3,10-13,16-17H2,1-2H3,(H,28,31)/b23-15-. The summed E-state index contributed by atoms with van der Waals surface area (Å²) in [5, 5.41) is 2.21. The first kappa shape index (κ1) is 27.2. The number of rotatable bonds is 9. The zero-order valence-corrected chi connectivity index (χ0v) is 22.0. The number of imide groups is 1. The fraction of sp³-hybridized carbons (Fsp3) is 0.333. The van der Waals surface area contributed by atoms with Crippen molar-refractivity contribution in [3.63, 3.8) is 0 Å². The monoisotopic (exact) mass is 539 g/mol. The number of thioether (sulfide) groups is 1. The topological polar surface area (TPSA) is 114 Å². The van der Waals surface area contributed by atoms with E-state index in [1.165, 1.54) is 0 Å². The molecule has 2 fully saturated rings. The first-order chi connectivity index (χ1) is 18.4. The van der Waals surface area contributed by atoms with Gasteiger partial charge in [0.25, 0.3) is 17.1 Å². The predicted octanol–water partition coefficient (Wildman–Crippen LogP) is 3.31. The summed E-state index contributed by atoms with van der Waals surface area (Å²) in [5.74, 6) is -0.344. The van der Waals surface area contributed by atoms with Crippen molar-refractivity contribution in [1.82, 2.24) is 9.80 Å². The molecule has 2 aromatic rings. The van der Waals surface area contributed by atoms with Crippen molar-refractivity contribution < 1.29 is 33.4 Å². The first-order valence-corrected chi connectivity index (χ1v) is 13.0. The Morgan fingerprint density at radius 1 is 1.08 bits per heavy atom. The van der Waals surface area contributed by atoms with E-state index in [-0.39, 0.29) is 24.0 Å². The molecule has 11 heteroatoms. The molecule has 1 N–H and O–H groups in total. The Morgan fingerprint density at radius 3 is 2.58 bits per heavy atom. The third kappa shape index (κ3) is 6.73. The first-order valence-electron chi connectivity index (χ1n) is 12.2. The van der Waals surface area contributed by atoms with Crippen LogP contribution in [-0.2, 0) is 19.1 Å². The smallest absolute Gasteiger partial charge is 0.294 e. The van der Waals surface area contributed by atoms with Crippen molar-refractivity contribution in [2.75, 3.05) is 51.4 Å². The van der Waals surface area contributed by atoms with Crippen LogP contribution in [0.4, 0.5) is 10.5 Å². The Labute approximate surface area is 224 Å².